The van der Waals surface area contributed by atoms with Gasteiger partial charge in [0.25, 0.3) is 0 Å². The van der Waals surface area contributed by atoms with Crippen LogP contribution in [0.2, 0.25) is 0 Å². The van der Waals surface area contributed by atoms with Crippen molar-refractivity contribution in [3.8, 4) is 0 Å². The molecule has 0 heterocycles. The number of nitrogen functional groups attached to an aromatic ring is 2. The number of nitrogens with two attached hydrogens (primary N) is 2. The van der Waals surface area contributed by atoms with Gasteiger partial charge in [-0.1, -0.05) is 0 Å². The van der Waals surface area contributed by atoms with E-state index in [9.17, 15) is 4.91 Å². The highest BCUT2D eigenvalue weighted by atomic mass is 16.3. The van der Waals surface area contributed by atoms with Gasteiger partial charge >= 0.3 is 0 Å². The Morgan fingerprint density at radius 1 is 1.27 bits per heavy atom. The summed E-state index contributed by atoms with van der Waals surface area (Å²) >= 11 is 0. The number of hydrogen-bond donors (Lipinski definition) is 2. The molecule has 0 aliphatic heterocycles. The lowest BCUT2D eigenvalue weighted by molar-refractivity contribution is 1.43. The molecule has 0 saturated carbocycles. The van der Waals surface area contributed by atoms with Gasteiger partial charge < -0.3 is 11.5 Å². The minimum absolute atomic E-state index is 0.269. The van der Waals surface area contributed by atoms with Gasteiger partial charge in [0, 0.05) is 11.4 Å². The molecule has 0 fully saturated rings. The van der Waals surface area contributed by atoms with E-state index in [0.29, 0.717) is 11.4 Å². The number of nitroso groups, excluding NO2 is 1. The van der Waals surface area contributed by atoms with E-state index >= 15 is 0 Å². The average molecular weight is 151 g/mol. The summed E-state index contributed by atoms with van der Waals surface area (Å²) in [5.74, 6) is 0. The number of nitrogens with zero attached hydrogens (tertiary/aromatic N) is 1. The monoisotopic (exact) mass is 151 g/mol. The third-order valence-electron chi connectivity index (χ3n) is 1.58. The molecule has 4 nitrogen and oxygen atoms in total. The van der Waals surface area contributed by atoms with E-state index in [1.807, 2.05) is 0 Å². The molecule has 0 amide bonds. The molecular formula is C7H9N3O. The lowest BCUT2D eigenvalue weighted by Crippen LogP contribution is -1.94. The largest absolute Gasteiger partial charge is 0.398 e. The molecule has 0 aliphatic carbocycles. The Balaban J connectivity index is 3.31. The van der Waals surface area contributed by atoms with Gasteiger partial charge in [0.05, 0.1) is 0 Å². The van der Waals surface area contributed by atoms with Crippen molar-refractivity contribution in [3.05, 3.63) is 22.6 Å². The van der Waals surface area contributed by atoms with Crippen LogP contribution in [0.4, 0.5) is 17.1 Å². The van der Waals surface area contributed by atoms with E-state index < -0.39 is 0 Å². The van der Waals surface area contributed by atoms with Crippen molar-refractivity contribution in [2.45, 2.75) is 6.92 Å². The molecular weight excluding hydrogens is 142 g/mol. The zero-order valence-electron chi connectivity index (χ0n) is 6.16. The Morgan fingerprint density at radius 2 is 1.73 bits per heavy atom. The molecule has 0 bridgehead atoms. The van der Waals surface area contributed by atoms with Crippen LogP contribution < -0.4 is 11.5 Å². The zero-order chi connectivity index (χ0) is 8.43. The third-order valence-corrected chi connectivity index (χ3v) is 1.58. The quantitative estimate of drug-likeness (QED) is 0.472. The Hall–Kier alpha value is -1.58. The molecule has 11 heavy (non-hydrogen) atoms. The summed E-state index contributed by atoms with van der Waals surface area (Å²) < 4.78 is 0. The second-order valence-corrected chi connectivity index (χ2v) is 2.34. The van der Waals surface area contributed by atoms with E-state index in [-0.39, 0.29) is 5.69 Å². The number of hydrogen-bond acceptors (Lipinski definition) is 4. The van der Waals surface area contributed by atoms with Crippen LogP contribution in [0.15, 0.2) is 17.3 Å². The molecule has 1 rings (SSSR count). The zero-order valence-corrected chi connectivity index (χ0v) is 6.16. The highest BCUT2D eigenvalue weighted by molar-refractivity contribution is 5.67. The second-order valence-electron chi connectivity index (χ2n) is 2.34. The lowest BCUT2D eigenvalue weighted by atomic mass is 10.1. The summed E-state index contributed by atoms with van der Waals surface area (Å²) in [4.78, 5) is 10.1. The van der Waals surface area contributed by atoms with E-state index in [0.717, 1.165) is 5.56 Å². The maximum absolute atomic E-state index is 10.1. The van der Waals surface area contributed by atoms with Gasteiger partial charge in [0.15, 0.2) is 0 Å². The number of benzene rings is 1. The van der Waals surface area contributed by atoms with Gasteiger partial charge in [-0.05, 0) is 29.8 Å². The molecule has 0 aromatic heterocycles. The van der Waals surface area contributed by atoms with Crippen LogP contribution >= 0.6 is 0 Å². The van der Waals surface area contributed by atoms with Crippen LogP contribution in [0.1, 0.15) is 5.56 Å². The van der Waals surface area contributed by atoms with E-state index in [1.165, 1.54) is 12.1 Å². The molecule has 0 saturated heterocycles. The molecule has 4 heteroatoms. The Kier molecular flexibility index (Phi) is 1.76. The predicted octanol–water partition coefficient (Wildman–Crippen LogP) is 1.56. The smallest absolute Gasteiger partial charge is 0.112 e. The van der Waals surface area contributed by atoms with Crippen LogP contribution in [-0.2, 0) is 0 Å². The Bertz CT molecular complexity index is 273. The van der Waals surface area contributed by atoms with Crippen molar-refractivity contribution in [1.82, 2.24) is 0 Å². The molecule has 0 unspecified atom stereocenters. The highest BCUT2D eigenvalue weighted by Gasteiger charge is 2.01. The molecule has 0 atom stereocenters. The number of anilines is 2. The maximum Gasteiger partial charge on any atom is 0.112 e. The van der Waals surface area contributed by atoms with Crippen LogP contribution in [0.3, 0.4) is 0 Å². The van der Waals surface area contributed by atoms with Crippen molar-refractivity contribution in [1.29, 1.82) is 0 Å². The van der Waals surface area contributed by atoms with E-state index in [4.69, 9.17) is 11.5 Å². The van der Waals surface area contributed by atoms with Crippen molar-refractivity contribution < 1.29 is 0 Å². The van der Waals surface area contributed by atoms with Crippen molar-refractivity contribution in [2.75, 3.05) is 11.5 Å². The van der Waals surface area contributed by atoms with Crippen molar-refractivity contribution in [2.24, 2.45) is 5.18 Å². The van der Waals surface area contributed by atoms with Crippen molar-refractivity contribution in [3.63, 3.8) is 0 Å². The molecule has 4 N–H and O–H groups in total. The first-order valence-corrected chi connectivity index (χ1v) is 3.14. The van der Waals surface area contributed by atoms with Crippen molar-refractivity contribution >= 4 is 17.1 Å². The standard InChI is InChI=1S/C7H9N3O/c1-4-6(8)2-5(10-11)3-7(4)9/h2-3H,8-9H2,1H3. The summed E-state index contributed by atoms with van der Waals surface area (Å²) in [6, 6.07) is 3.00. The Morgan fingerprint density at radius 3 is 2.09 bits per heavy atom. The summed E-state index contributed by atoms with van der Waals surface area (Å²) in [6.45, 7) is 1.79. The minimum Gasteiger partial charge on any atom is -0.398 e. The lowest BCUT2D eigenvalue weighted by Gasteiger charge is -2.03. The van der Waals surface area contributed by atoms with Gasteiger partial charge in [-0.25, -0.2) is 0 Å². The van der Waals surface area contributed by atoms with Crippen LogP contribution in [0.25, 0.3) is 0 Å². The molecule has 1 aromatic rings. The van der Waals surface area contributed by atoms with E-state index in [2.05, 4.69) is 5.18 Å². The maximum atomic E-state index is 10.1. The summed E-state index contributed by atoms with van der Waals surface area (Å²) in [5, 5.41) is 2.72. The molecule has 58 valence electrons. The molecule has 0 spiro atoms. The molecule has 0 aliphatic rings. The normalized spacial score (nSPS) is 9.55. The molecule has 1 aromatic carbocycles. The first-order valence-electron chi connectivity index (χ1n) is 3.14. The first-order chi connectivity index (χ1) is 5.15. The van der Waals surface area contributed by atoms with Crippen LogP contribution in [0, 0.1) is 11.8 Å². The Labute approximate surface area is 64.2 Å². The van der Waals surface area contributed by atoms with Gasteiger partial charge in [0.2, 0.25) is 0 Å². The first kappa shape index (κ1) is 7.53. The average Bonchev–Trinajstić information content (AvgIpc) is 1.99. The summed E-state index contributed by atoms with van der Waals surface area (Å²) in [5.41, 5.74) is 13.1. The highest BCUT2D eigenvalue weighted by Crippen LogP contribution is 2.25. The van der Waals surface area contributed by atoms with Gasteiger partial charge in [-0.2, -0.15) is 0 Å². The third kappa shape index (κ3) is 1.29. The minimum atomic E-state index is 0.269. The van der Waals surface area contributed by atoms with Crippen LogP contribution in [0.5, 0.6) is 0 Å². The summed E-state index contributed by atoms with van der Waals surface area (Å²) in [6.07, 6.45) is 0. The second kappa shape index (κ2) is 2.57. The van der Waals surface area contributed by atoms with E-state index in [1.54, 1.807) is 6.92 Å². The fourth-order valence-corrected chi connectivity index (χ4v) is 0.796. The topological polar surface area (TPSA) is 81.5 Å². The fourth-order valence-electron chi connectivity index (χ4n) is 0.796. The molecule has 0 radical (unpaired) electrons. The van der Waals surface area contributed by atoms with Crippen LogP contribution in [-0.4, -0.2) is 0 Å². The SMILES string of the molecule is Cc1c(N)cc(N=O)cc1N. The fraction of sp³-hybridized carbons (Fsp3) is 0.143. The van der Waals surface area contributed by atoms with Gasteiger partial charge in [0.1, 0.15) is 5.69 Å². The van der Waals surface area contributed by atoms with Gasteiger partial charge in [-0.15, -0.1) is 4.91 Å². The predicted molar refractivity (Wildman–Crippen MR) is 45.5 cm³/mol. The summed E-state index contributed by atoms with van der Waals surface area (Å²) in [7, 11) is 0. The number of rotatable bonds is 1. The van der Waals surface area contributed by atoms with Gasteiger partial charge in [-0.3, -0.25) is 0 Å².